The van der Waals surface area contributed by atoms with Crippen LogP contribution in [0.2, 0.25) is 0 Å². The first kappa shape index (κ1) is 10.4. The van der Waals surface area contributed by atoms with E-state index in [4.69, 9.17) is 5.73 Å². The molecule has 1 saturated carbocycles. The molecule has 0 radical (unpaired) electrons. The molecule has 0 aliphatic heterocycles. The molecule has 2 rings (SSSR count). The van der Waals surface area contributed by atoms with Gasteiger partial charge in [-0.15, -0.1) is 0 Å². The molecular weight excluding hydrogens is 200 g/mol. The van der Waals surface area contributed by atoms with Gasteiger partial charge in [0, 0.05) is 17.2 Å². The maximum Gasteiger partial charge on any atom is 0.167 e. The minimum absolute atomic E-state index is 0.221. The number of phenols is 1. The summed E-state index contributed by atoms with van der Waals surface area (Å²) >= 11 is 0. The maximum atomic E-state index is 13.5. The fourth-order valence-corrected chi connectivity index (χ4v) is 2.19. The first-order valence-corrected chi connectivity index (χ1v) is 5.00. The number of hydrogen-bond acceptors (Lipinski definition) is 2. The Kier molecular flexibility index (Phi) is 2.38. The quantitative estimate of drug-likeness (QED) is 0.752. The van der Waals surface area contributed by atoms with E-state index in [9.17, 15) is 13.9 Å². The summed E-state index contributed by atoms with van der Waals surface area (Å²) in [7, 11) is 0. The van der Waals surface area contributed by atoms with Crippen molar-refractivity contribution in [1.82, 2.24) is 0 Å². The van der Waals surface area contributed by atoms with Crippen molar-refractivity contribution >= 4 is 0 Å². The molecule has 1 aromatic carbocycles. The minimum Gasteiger partial charge on any atom is -0.505 e. The standard InChI is InChI=1S/C11H13F2NO/c12-8-6-9(13)10(15)5-7(8)11(14)3-1-2-4-11/h5-6,15H,1-4,14H2. The van der Waals surface area contributed by atoms with Crippen LogP contribution in [0.25, 0.3) is 0 Å². The number of rotatable bonds is 1. The summed E-state index contributed by atoms with van der Waals surface area (Å²) in [6.07, 6.45) is 3.23. The summed E-state index contributed by atoms with van der Waals surface area (Å²) in [5.41, 5.74) is 5.51. The predicted molar refractivity (Wildman–Crippen MR) is 52.4 cm³/mol. The Hall–Kier alpha value is -1.16. The topological polar surface area (TPSA) is 46.2 Å². The molecule has 0 heterocycles. The SMILES string of the molecule is NC1(c2cc(O)c(F)cc2F)CCCC1. The molecule has 0 atom stereocenters. The van der Waals surface area contributed by atoms with Gasteiger partial charge in [0.15, 0.2) is 11.6 Å². The molecule has 0 spiro atoms. The second-order valence-corrected chi connectivity index (χ2v) is 4.15. The Morgan fingerprint density at radius 2 is 1.73 bits per heavy atom. The van der Waals surface area contributed by atoms with Crippen LogP contribution < -0.4 is 5.73 Å². The molecule has 1 aromatic rings. The fraction of sp³-hybridized carbons (Fsp3) is 0.455. The molecule has 4 heteroatoms. The lowest BCUT2D eigenvalue weighted by atomic mass is 9.89. The van der Waals surface area contributed by atoms with Gasteiger partial charge in [0.2, 0.25) is 0 Å². The highest BCUT2D eigenvalue weighted by atomic mass is 19.1. The van der Waals surface area contributed by atoms with Gasteiger partial charge >= 0.3 is 0 Å². The molecule has 0 unspecified atom stereocenters. The number of phenolic OH excluding ortho intramolecular Hbond substituents is 1. The first-order valence-electron chi connectivity index (χ1n) is 5.00. The zero-order valence-electron chi connectivity index (χ0n) is 8.26. The van der Waals surface area contributed by atoms with Crippen molar-refractivity contribution in [1.29, 1.82) is 0 Å². The van der Waals surface area contributed by atoms with Gasteiger partial charge in [0.25, 0.3) is 0 Å². The van der Waals surface area contributed by atoms with E-state index in [1.807, 2.05) is 0 Å². The van der Waals surface area contributed by atoms with Crippen LogP contribution >= 0.6 is 0 Å². The van der Waals surface area contributed by atoms with Crippen molar-refractivity contribution in [2.24, 2.45) is 5.73 Å². The zero-order valence-corrected chi connectivity index (χ0v) is 8.26. The van der Waals surface area contributed by atoms with Gasteiger partial charge < -0.3 is 10.8 Å². The van der Waals surface area contributed by atoms with E-state index in [2.05, 4.69) is 0 Å². The summed E-state index contributed by atoms with van der Waals surface area (Å²) in [6, 6.07) is 1.80. The lowest BCUT2D eigenvalue weighted by Crippen LogP contribution is -2.34. The van der Waals surface area contributed by atoms with E-state index in [1.54, 1.807) is 0 Å². The van der Waals surface area contributed by atoms with E-state index in [0.29, 0.717) is 18.9 Å². The molecule has 15 heavy (non-hydrogen) atoms. The van der Waals surface area contributed by atoms with Crippen LogP contribution in [-0.2, 0) is 5.54 Å². The average molecular weight is 213 g/mol. The monoisotopic (exact) mass is 213 g/mol. The fourth-order valence-electron chi connectivity index (χ4n) is 2.19. The van der Waals surface area contributed by atoms with Crippen LogP contribution in [0.5, 0.6) is 5.75 Å². The molecule has 3 N–H and O–H groups in total. The lowest BCUT2D eigenvalue weighted by molar-refractivity contribution is 0.401. The number of nitrogens with two attached hydrogens (primary N) is 1. The Morgan fingerprint density at radius 3 is 2.33 bits per heavy atom. The van der Waals surface area contributed by atoms with E-state index >= 15 is 0 Å². The molecule has 0 saturated heterocycles. The smallest absolute Gasteiger partial charge is 0.167 e. The van der Waals surface area contributed by atoms with Crippen LogP contribution in [0, 0.1) is 11.6 Å². The Morgan fingerprint density at radius 1 is 1.13 bits per heavy atom. The summed E-state index contributed by atoms with van der Waals surface area (Å²) < 4.78 is 26.3. The summed E-state index contributed by atoms with van der Waals surface area (Å²) in [5.74, 6) is -2.16. The van der Waals surface area contributed by atoms with Gasteiger partial charge in [-0.3, -0.25) is 0 Å². The molecular formula is C11H13F2NO. The van der Waals surface area contributed by atoms with Crippen molar-refractivity contribution in [2.45, 2.75) is 31.2 Å². The highest BCUT2D eigenvalue weighted by molar-refractivity contribution is 5.35. The summed E-state index contributed by atoms with van der Waals surface area (Å²) in [4.78, 5) is 0. The number of benzene rings is 1. The van der Waals surface area contributed by atoms with Crippen molar-refractivity contribution < 1.29 is 13.9 Å². The molecule has 0 amide bonds. The van der Waals surface area contributed by atoms with Crippen molar-refractivity contribution in [3.63, 3.8) is 0 Å². The highest BCUT2D eigenvalue weighted by Crippen LogP contribution is 2.39. The third kappa shape index (κ3) is 1.69. The van der Waals surface area contributed by atoms with Crippen molar-refractivity contribution in [3.05, 3.63) is 29.3 Å². The lowest BCUT2D eigenvalue weighted by Gasteiger charge is -2.24. The Bertz CT molecular complexity index is 386. The van der Waals surface area contributed by atoms with Crippen LogP contribution in [0.3, 0.4) is 0 Å². The van der Waals surface area contributed by atoms with E-state index in [1.165, 1.54) is 0 Å². The summed E-state index contributed by atoms with van der Waals surface area (Å²) in [6.45, 7) is 0. The van der Waals surface area contributed by atoms with Gasteiger partial charge in [-0.2, -0.15) is 0 Å². The highest BCUT2D eigenvalue weighted by Gasteiger charge is 2.34. The van der Waals surface area contributed by atoms with E-state index in [0.717, 1.165) is 18.9 Å². The summed E-state index contributed by atoms with van der Waals surface area (Å²) in [5, 5.41) is 9.20. The second kappa shape index (κ2) is 3.45. The number of halogens is 2. The molecule has 82 valence electrons. The minimum atomic E-state index is -0.946. The van der Waals surface area contributed by atoms with E-state index in [-0.39, 0.29) is 5.56 Å². The largest absolute Gasteiger partial charge is 0.505 e. The van der Waals surface area contributed by atoms with Crippen molar-refractivity contribution in [2.75, 3.05) is 0 Å². The van der Waals surface area contributed by atoms with Gasteiger partial charge in [0.05, 0.1) is 0 Å². The van der Waals surface area contributed by atoms with Gasteiger partial charge in [-0.25, -0.2) is 8.78 Å². The van der Waals surface area contributed by atoms with Gasteiger partial charge in [0.1, 0.15) is 5.82 Å². The molecule has 0 aromatic heterocycles. The Labute approximate surface area is 86.7 Å². The van der Waals surface area contributed by atoms with Crippen LogP contribution in [0.15, 0.2) is 12.1 Å². The first-order chi connectivity index (χ1) is 7.03. The maximum absolute atomic E-state index is 13.5. The number of hydrogen-bond donors (Lipinski definition) is 2. The molecule has 1 aliphatic carbocycles. The number of aromatic hydroxyl groups is 1. The zero-order chi connectivity index (χ0) is 11.1. The van der Waals surface area contributed by atoms with Crippen LogP contribution in [0.4, 0.5) is 8.78 Å². The molecule has 0 bridgehead atoms. The van der Waals surface area contributed by atoms with Crippen molar-refractivity contribution in [3.8, 4) is 5.75 Å². The van der Waals surface area contributed by atoms with Crippen LogP contribution in [-0.4, -0.2) is 5.11 Å². The molecule has 2 nitrogen and oxygen atoms in total. The normalized spacial score (nSPS) is 19.4. The molecule has 1 fully saturated rings. The van der Waals surface area contributed by atoms with Crippen LogP contribution in [0.1, 0.15) is 31.2 Å². The third-order valence-electron chi connectivity index (χ3n) is 3.07. The molecule has 1 aliphatic rings. The third-order valence-corrected chi connectivity index (χ3v) is 3.07. The Balaban J connectivity index is 2.48. The second-order valence-electron chi connectivity index (χ2n) is 4.15. The predicted octanol–water partition coefficient (Wildman–Crippen LogP) is 2.40. The average Bonchev–Trinajstić information content (AvgIpc) is 2.60. The van der Waals surface area contributed by atoms with Gasteiger partial charge in [-0.05, 0) is 18.9 Å². The van der Waals surface area contributed by atoms with Gasteiger partial charge in [-0.1, -0.05) is 12.8 Å². The van der Waals surface area contributed by atoms with E-state index < -0.39 is 22.9 Å².